The van der Waals surface area contributed by atoms with Crippen LogP contribution in [0.15, 0.2) is 18.2 Å². The van der Waals surface area contributed by atoms with Crippen molar-refractivity contribution in [3.8, 4) is 0 Å². The molecule has 1 aromatic rings. The zero-order valence-electron chi connectivity index (χ0n) is 9.45. The van der Waals surface area contributed by atoms with Crippen molar-refractivity contribution in [2.75, 3.05) is 17.6 Å². The van der Waals surface area contributed by atoms with Gasteiger partial charge in [0.2, 0.25) is 0 Å². The third-order valence-corrected chi connectivity index (χ3v) is 2.85. The van der Waals surface area contributed by atoms with Gasteiger partial charge in [-0.2, -0.15) is 13.2 Å². The van der Waals surface area contributed by atoms with Crippen LogP contribution in [0.25, 0.3) is 0 Å². The minimum atomic E-state index is -4.28. The highest BCUT2D eigenvalue weighted by atomic mass is 32.2. The number of hydrogen-bond acceptors (Lipinski definition) is 4. The highest BCUT2D eigenvalue weighted by molar-refractivity contribution is 8.00. The largest absolute Gasteiger partial charge is 0.441 e. The summed E-state index contributed by atoms with van der Waals surface area (Å²) in [7, 11) is 0. The molecular formula is C10H11F3N2O2S. The number of aryl methyl sites for hydroxylation is 1. The van der Waals surface area contributed by atoms with Gasteiger partial charge in [-0.15, -0.1) is 0 Å². The average molecular weight is 280 g/mol. The fourth-order valence-electron chi connectivity index (χ4n) is 1.38. The number of nitrogens with one attached hydrogen (secondary N) is 1. The van der Waals surface area contributed by atoms with Crippen molar-refractivity contribution in [1.82, 2.24) is 0 Å². The van der Waals surface area contributed by atoms with Gasteiger partial charge in [-0.25, -0.2) is 0 Å². The van der Waals surface area contributed by atoms with E-state index in [9.17, 15) is 23.3 Å². The number of alkyl halides is 3. The molecule has 1 N–H and O–H groups in total. The van der Waals surface area contributed by atoms with Gasteiger partial charge in [0.15, 0.2) is 0 Å². The highest BCUT2D eigenvalue weighted by Gasteiger charge is 2.27. The van der Waals surface area contributed by atoms with E-state index in [1.54, 1.807) is 13.0 Å². The first-order valence-electron chi connectivity index (χ1n) is 5.00. The Hall–Kier alpha value is -1.44. The second-order valence-corrected chi connectivity index (χ2v) is 4.61. The van der Waals surface area contributed by atoms with Crippen molar-refractivity contribution in [3.05, 3.63) is 33.9 Å². The molecule has 1 rings (SSSR count). The summed E-state index contributed by atoms with van der Waals surface area (Å²) >= 11 is -0.159. The first-order chi connectivity index (χ1) is 8.31. The fraction of sp³-hybridized carbons (Fsp3) is 0.400. The van der Waals surface area contributed by atoms with Gasteiger partial charge in [0.25, 0.3) is 5.69 Å². The summed E-state index contributed by atoms with van der Waals surface area (Å²) in [4.78, 5) is 10.2. The number of anilines is 1. The molecule has 0 fully saturated rings. The van der Waals surface area contributed by atoms with E-state index in [1.165, 1.54) is 12.1 Å². The summed E-state index contributed by atoms with van der Waals surface area (Å²) in [5.74, 6) is -0.199. The number of nitro groups is 1. The summed E-state index contributed by atoms with van der Waals surface area (Å²) in [5.41, 5.74) is -3.52. The maximum atomic E-state index is 11.9. The van der Waals surface area contributed by atoms with Crippen LogP contribution < -0.4 is 5.32 Å². The molecule has 0 aliphatic heterocycles. The van der Waals surface area contributed by atoms with Gasteiger partial charge in [0.1, 0.15) is 5.69 Å². The molecule has 18 heavy (non-hydrogen) atoms. The van der Waals surface area contributed by atoms with Gasteiger partial charge in [-0.3, -0.25) is 10.1 Å². The molecule has 0 amide bonds. The van der Waals surface area contributed by atoms with Crippen LogP contribution in [0.3, 0.4) is 0 Å². The predicted octanol–water partition coefficient (Wildman–Crippen LogP) is 3.57. The molecule has 0 bridgehead atoms. The van der Waals surface area contributed by atoms with Crippen LogP contribution in [0.2, 0.25) is 0 Å². The predicted molar refractivity (Wildman–Crippen MR) is 64.8 cm³/mol. The van der Waals surface area contributed by atoms with E-state index in [1.807, 2.05) is 0 Å². The second kappa shape index (κ2) is 5.94. The number of benzene rings is 1. The summed E-state index contributed by atoms with van der Waals surface area (Å²) in [6.45, 7) is 1.67. The van der Waals surface area contributed by atoms with E-state index in [-0.39, 0.29) is 35.4 Å². The molecule has 0 spiro atoms. The van der Waals surface area contributed by atoms with Gasteiger partial charge in [-0.1, -0.05) is 12.1 Å². The molecule has 0 aliphatic rings. The Morgan fingerprint density at radius 2 is 2.11 bits per heavy atom. The highest BCUT2D eigenvalue weighted by Crippen LogP contribution is 2.31. The maximum Gasteiger partial charge on any atom is 0.441 e. The Balaban J connectivity index is 2.64. The van der Waals surface area contributed by atoms with Gasteiger partial charge >= 0.3 is 5.51 Å². The lowest BCUT2D eigenvalue weighted by Gasteiger charge is -2.10. The van der Waals surface area contributed by atoms with E-state index in [0.717, 1.165) is 0 Å². The van der Waals surface area contributed by atoms with E-state index in [0.29, 0.717) is 5.56 Å². The van der Waals surface area contributed by atoms with Crippen molar-refractivity contribution in [3.63, 3.8) is 0 Å². The van der Waals surface area contributed by atoms with Crippen LogP contribution in [0.5, 0.6) is 0 Å². The molecule has 8 heteroatoms. The monoisotopic (exact) mass is 280 g/mol. The van der Waals surface area contributed by atoms with E-state index in [2.05, 4.69) is 5.32 Å². The SMILES string of the molecule is Cc1cccc([N+](=O)[O-])c1NCCSC(F)(F)F. The van der Waals surface area contributed by atoms with E-state index >= 15 is 0 Å². The van der Waals surface area contributed by atoms with E-state index < -0.39 is 10.4 Å². The van der Waals surface area contributed by atoms with Crippen molar-refractivity contribution in [1.29, 1.82) is 0 Å². The quantitative estimate of drug-likeness (QED) is 0.509. The molecule has 0 unspecified atom stereocenters. The lowest BCUT2D eigenvalue weighted by molar-refractivity contribution is -0.384. The third kappa shape index (κ3) is 4.44. The summed E-state index contributed by atoms with van der Waals surface area (Å²) in [5, 5.41) is 13.4. The zero-order chi connectivity index (χ0) is 13.8. The summed E-state index contributed by atoms with van der Waals surface area (Å²) in [6, 6.07) is 4.50. The van der Waals surface area contributed by atoms with Crippen molar-refractivity contribution >= 4 is 23.1 Å². The minimum Gasteiger partial charge on any atom is -0.378 e. The lowest BCUT2D eigenvalue weighted by Crippen LogP contribution is -2.11. The lowest BCUT2D eigenvalue weighted by atomic mass is 10.1. The molecule has 0 heterocycles. The van der Waals surface area contributed by atoms with Gasteiger partial charge in [0, 0.05) is 18.4 Å². The van der Waals surface area contributed by atoms with Crippen molar-refractivity contribution in [2.45, 2.75) is 12.4 Å². The van der Waals surface area contributed by atoms with Gasteiger partial charge in [-0.05, 0) is 24.2 Å². The molecule has 4 nitrogen and oxygen atoms in total. The Labute approximate surface area is 106 Å². The van der Waals surface area contributed by atoms with E-state index in [4.69, 9.17) is 0 Å². The molecule has 1 aromatic carbocycles. The molecular weight excluding hydrogens is 269 g/mol. The Morgan fingerprint density at radius 1 is 1.44 bits per heavy atom. The Kier molecular flexibility index (Phi) is 4.83. The standard InChI is InChI=1S/C10H11F3N2O2S/c1-7-3-2-4-8(15(16)17)9(7)14-5-6-18-10(11,12)13/h2-4,14H,5-6H2,1H3. The first-order valence-corrected chi connectivity index (χ1v) is 5.98. The summed E-state index contributed by atoms with van der Waals surface area (Å²) < 4.78 is 35.7. The first kappa shape index (κ1) is 14.6. The average Bonchev–Trinajstić information content (AvgIpc) is 2.24. The second-order valence-electron chi connectivity index (χ2n) is 3.45. The maximum absolute atomic E-state index is 11.9. The number of para-hydroxylation sites is 1. The smallest absolute Gasteiger partial charge is 0.378 e. The number of hydrogen-bond donors (Lipinski definition) is 1. The number of halogens is 3. The summed E-state index contributed by atoms with van der Waals surface area (Å²) in [6.07, 6.45) is 0. The van der Waals surface area contributed by atoms with Crippen molar-refractivity contribution in [2.24, 2.45) is 0 Å². The van der Waals surface area contributed by atoms with Crippen LogP contribution in [0.4, 0.5) is 24.5 Å². The van der Waals surface area contributed by atoms with Crippen molar-refractivity contribution < 1.29 is 18.1 Å². The van der Waals surface area contributed by atoms with Crippen LogP contribution in [-0.4, -0.2) is 22.7 Å². The fourth-order valence-corrected chi connectivity index (χ4v) is 1.81. The molecule has 100 valence electrons. The van der Waals surface area contributed by atoms with Crippen LogP contribution >= 0.6 is 11.8 Å². The molecule has 0 atom stereocenters. The molecule has 0 saturated heterocycles. The Morgan fingerprint density at radius 3 is 2.67 bits per heavy atom. The molecule has 0 aliphatic carbocycles. The number of thioether (sulfide) groups is 1. The topological polar surface area (TPSA) is 55.2 Å². The number of rotatable bonds is 5. The molecule has 0 saturated carbocycles. The minimum absolute atomic E-state index is 0.00979. The van der Waals surface area contributed by atoms with Crippen LogP contribution in [-0.2, 0) is 0 Å². The normalized spacial score (nSPS) is 11.3. The number of nitrogens with zero attached hydrogens (tertiary/aromatic N) is 1. The van der Waals surface area contributed by atoms with Gasteiger partial charge in [0.05, 0.1) is 4.92 Å². The molecule has 0 radical (unpaired) electrons. The number of nitro benzene ring substituents is 1. The third-order valence-electron chi connectivity index (χ3n) is 2.12. The zero-order valence-corrected chi connectivity index (χ0v) is 10.3. The van der Waals surface area contributed by atoms with Gasteiger partial charge < -0.3 is 5.32 Å². The molecule has 0 aromatic heterocycles. The van der Waals surface area contributed by atoms with Crippen LogP contribution in [0, 0.1) is 17.0 Å². The Bertz CT molecular complexity index is 438. The van der Waals surface area contributed by atoms with Crippen LogP contribution in [0.1, 0.15) is 5.56 Å².